The van der Waals surface area contributed by atoms with E-state index in [0.29, 0.717) is 13.1 Å². The summed E-state index contributed by atoms with van der Waals surface area (Å²) in [5, 5.41) is 3.13. The largest absolute Gasteiger partial charge is 0.353 e. The van der Waals surface area contributed by atoms with Crippen LogP contribution in [-0.2, 0) is 9.59 Å². The molecule has 1 saturated heterocycles. The zero-order valence-electron chi connectivity index (χ0n) is 11.6. The first-order valence-corrected chi connectivity index (χ1v) is 8.32. The highest BCUT2D eigenvalue weighted by molar-refractivity contribution is 6.53. The number of nitrogens with one attached hydrogen (secondary N) is 1. The van der Waals surface area contributed by atoms with Gasteiger partial charge in [-0.15, -0.1) is 0 Å². The van der Waals surface area contributed by atoms with Crippen molar-refractivity contribution in [3.63, 3.8) is 0 Å². The third kappa shape index (κ3) is 4.26. The van der Waals surface area contributed by atoms with Crippen molar-refractivity contribution in [2.24, 2.45) is 5.92 Å². The molecule has 6 heteroatoms. The molecule has 0 bridgehead atoms. The molecule has 4 nitrogen and oxygen atoms in total. The fourth-order valence-corrected chi connectivity index (χ4v) is 3.34. The fourth-order valence-electron chi connectivity index (χ4n) is 3.07. The number of nitrogens with zero attached hydrogens (tertiary/aromatic N) is 1. The van der Waals surface area contributed by atoms with Gasteiger partial charge in [-0.2, -0.15) is 0 Å². The van der Waals surface area contributed by atoms with Gasteiger partial charge in [0.25, 0.3) is 5.91 Å². The average molecular weight is 321 g/mol. The molecule has 2 amide bonds. The highest BCUT2D eigenvalue weighted by Crippen LogP contribution is 2.24. The van der Waals surface area contributed by atoms with Gasteiger partial charge in [-0.1, -0.05) is 42.5 Å². The van der Waals surface area contributed by atoms with Gasteiger partial charge in [0.15, 0.2) is 4.84 Å². The van der Waals surface area contributed by atoms with Crippen LogP contribution in [0.5, 0.6) is 0 Å². The van der Waals surface area contributed by atoms with Crippen LogP contribution in [0.1, 0.15) is 44.9 Å². The maximum absolute atomic E-state index is 12.2. The van der Waals surface area contributed by atoms with Crippen molar-refractivity contribution in [1.29, 1.82) is 0 Å². The van der Waals surface area contributed by atoms with Gasteiger partial charge in [-0.3, -0.25) is 9.59 Å². The predicted octanol–water partition coefficient (Wildman–Crippen LogP) is 2.48. The third-order valence-electron chi connectivity index (χ3n) is 4.32. The molecule has 0 aromatic carbocycles. The smallest absolute Gasteiger partial charge is 0.255 e. The summed E-state index contributed by atoms with van der Waals surface area (Å²) in [6.07, 6.45) is 7.18. The zero-order chi connectivity index (χ0) is 14.5. The predicted molar refractivity (Wildman–Crippen MR) is 79.8 cm³/mol. The molecule has 1 aliphatic heterocycles. The van der Waals surface area contributed by atoms with Gasteiger partial charge in [-0.05, 0) is 25.7 Å². The standard InChI is InChI=1S/C14H22Cl2N2O2/c15-12(16)14(20)18-8-6-11(7-9-18)17-13(19)10-4-2-1-3-5-10/h10-12H,1-9H2,(H,17,19). The summed E-state index contributed by atoms with van der Waals surface area (Å²) < 4.78 is 0. The fraction of sp³-hybridized carbons (Fsp3) is 0.857. The molecule has 1 aliphatic carbocycles. The second kappa shape index (κ2) is 7.51. The monoisotopic (exact) mass is 320 g/mol. The Balaban J connectivity index is 1.73. The van der Waals surface area contributed by atoms with E-state index in [9.17, 15) is 9.59 Å². The molecule has 2 rings (SSSR count). The number of piperidine rings is 1. The van der Waals surface area contributed by atoms with E-state index >= 15 is 0 Å². The highest BCUT2D eigenvalue weighted by Gasteiger charge is 2.28. The van der Waals surface area contributed by atoms with Gasteiger partial charge in [-0.25, -0.2) is 0 Å². The molecule has 1 saturated carbocycles. The summed E-state index contributed by atoms with van der Waals surface area (Å²) in [5.74, 6) is 0.158. The lowest BCUT2D eigenvalue weighted by molar-refractivity contribution is -0.130. The molecule has 2 fully saturated rings. The minimum atomic E-state index is -0.983. The first-order valence-electron chi connectivity index (χ1n) is 7.45. The van der Waals surface area contributed by atoms with E-state index in [1.165, 1.54) is 6.42 Å². The van der Waals surface area contributed by atoms with Crippen LogP contribution in [0.15, 0.2) is 0 Å². The van der Waals surface area contributed by atoms with Crippen molar-refractivity contribution >= 4 is 35.0 Å². The van der Waals surface area contributed by atoms with E-state index in [0.717, 1.165) is 38.5 Å². The second-order valence-corrected chi connectivity index (χ2v) is 6.84. The Morgan fingerprint density at radius 1 is 1.00 bits per heavy atom. The van der Waals surface area contributed by atoms with E-state index in [1.54, 1.807) is 4.90 Å². The lowest BCUT2D eigenvalue weighted by Crippen LogP contribution is -2.49. The summed E-state index contributed by atoms with van der Waals surface area (Å²) in [4.78, 5) is 24.5. The molecule has 0 atom stereocenters. The molecule has 0 aromatic heterocycles. The molecular formula is C14H22Cl2N2O2. The number of rotatable bonds is 3. The van der Waals surface area contributed by atoms with Crippen LogP contribution in [0, 0.1) is 5.92 Å². The Bertz CT molecular complexity index is 349. The second-order valence-electron chi connectivity index (χ2n) is 5.74. The summed E-state index contributed by atoms with van der Waals surface area (Å²) in [6, 6.07) is 0.178. The molecule has 0 unspecified atom stereocenters. The molecule has 1 heterocycles. The molecule has 2 aliphatic rings. The zero-order valence-corrected chi connectivity index (χ0v) is 13.1. The van der Waals surface area contributed by atoms with Crippen molar-refractivity contribution in [1.82, 2.24) is 10.2 Å². The van der Waals surface area contributed by atoms with E-state index in [1.807, 2.05) is 0 Å². The van der Waals surface area contributed by atoms with Crippen molar-refractivity contribution in [2.75, 3.05) is 13.1 Å². The quantitative estimate of drug-likeness (QED) is 0.812. The van der Waals surface area contributed by atoms with E-state index in [2.05, 4.69) is 5.32 Å². The highest BCUT2D eigenvalue weighted by atomic mass is 35.5. The topological polar surface area (TPSA) is 49.4 Å². The van der Waals surface area contributed by atoms with E-state index in [4.69, 9.17) is 23.2 Å². The van der Waals surface area contributed by atoms with E-state index < -0.39 is 4.84 Å². The van der Waals surface area contributed by atoms with E-state index in [-0.39, 0.29) is 23.8 Å². The van der Waals surface area contributed by atoms with Gasteiger partial charge < -0.3 is 10.2 Å². The normalized spacial score (nSPS) is 22.1. The average Bonchev–Trinajstić information content (AvgIpc) is 2.48. The van der Waals surface area contributed by atoms with Gasteiger partial charge in [0.1, 0.15) is 0 Å². The molecule has 0 aromatic rings. The number of hydrogen-bond donors (Lipinski definition) is 1. The minimum Gasteiger partial charge on any atom is -0.353 e. The van der Waals surface area contributed by atoms with Crippen LogP contribution < -0.4 is 5.32 Å². The number of amides is 2. The number of likely N-dealkylation sites (tertiary alicyclic amines) is 1. The van der Waals surface area contributed by atoms with Crippen molar-refractivity contribution in [3.8, 4) is 0 Å². The first-order chi connectivity index (χ1) is 9.58. The molecular weight excluding hydrogens is 299 g/mol. The summed E-state index contributed by atoms with van der Waals surface area (Å²) >= 11 is 11.2. The summed E-state index contributed by atoms with van der Waals surface area (Å²) in [6.45, 7) is 1.23. The van der Waals surface area contributed by atoms with Crippen LogP contribution in [0.25, 0.3) is 0 Å². The molecule has 114 valence electrons. The Morgan fingerprint density at radius 3 is 2.15 bits per heavy atom. The number of halogens is 2. The minimum absolute atomic E-state index is 0.178. The van der Waals surface area contributed by atoms with Gasteiger partial charge in [0.2, 0.25) is 5.91 Å². The molecule has 20 heavy (non-hydrogen) atoms. The number of carbonyl (C=O) groups is 2. The van der Waals surface area contributed by atoms with Crippen molar-refractivity contribution < 1.29 is 9.59 Å². The maximum atomic E-state index is 12.2. The summed E-state index contributed by atoms with van der Waals surface area (Å²) in [5.41, 5.74) is 0. The third-order valence-corrected chi connectivity index (χ3v) is 4.69. The van der Waals surface area contributed by atoms with Gasteiger partial charge in [0.05, 0.1) is 0 Å². The van der Waals surface area contributed by atoms with Crippen LogP contribution in [0.4, 0.5) is 0 Å². The maximum Gasteiger partial charge on any atom is 0.255 e. The Hall–Kier alpha value is -0.480. The molecule has 0 spiro atoms. The Kier molecular flexibility index (Phi) is 5.97. The van der Waals surface area contributed by atoms with Crippen LogP contribution in [0.2, 0.25) is 0 Å². The SMILES string of the molecule is O=C(NC1CCN(C(=O)C(Cl)Cl)CC1)C1CCCCC1. The first kappa shape index (κ1) is 15.9. The Morgan fingerprint density at radius 2 is 1.60 bits per heavy atom. The molecule has 0 radical (unpaired) electrons. The number of hydrogen-bond acceptors (Lipinski definition) is 2. The van der Waals surface area contributed by atoms with Gasteiger partial charge in [0, 0.05) is 25.0 Å². The lowest BCUT2D eigenvalue weighted by atomic mass is 9.88. The Labute approximate surface area is 130 Å². The van der Waals surface area contributed by atoms with Gasteiger partial charge >= 0.3 is 0 Å². The van der Waals surface area contributed by atoms with Crippen LogP contribution in [0.3, 0.4) is 0 Å². The van der Waals surface area contributed by atoms with Crippen LogP contribution in [-0.4, -0.2) is 40.7 Å². The van der Waals surface area contributed by atoms with Crippen molar-refractivity contribution in [3.05, 3.63) is 0 Å². The number of carbonyl (C=O) groups excluding carboxylic acids is 2. The van der Waals surface area contributed by atoms with Crippen molar-refractivity contribution in [2.45, 2.75) is 55.8 Å². The van der Waals surface area contributed by atoms with Crippen LogP contribution >= 0.6 is 23.2 Å². The number of alkyl halides is 2. The molecule has 1 N–H and O–H groups in total. The summed E-state index contributed by atoms with van der Waals surface area (Å²) in [7, 11) is 0. The lowest BCUT2D eigenvalue weighted by Gasteiger charge is -2.33.